The van der Waals surface area contributed by atoms with E-state index in [0.29, 0.717) is 22.9 Å². The van der Waals surface area contributed by atoms with Crippen molar-refractivity contribution in [3.8, 4) is 11.5 Å². The molecule has 0 radical (unpaired) electrons. The van der Waals surface area contributed by atoms with Crippen molar-refractivity contribution in [2.45, 2.75) is 52.2 Å². The van der Waals surface area contributed by atoms with Crippen LogP contribution in [0.5, 0.6) is 11.5 Å². The first-order chi connectivity index (χ1) is 14.6. The maximum absolute atomic E-state index is 13.2. The Morgan fingerprint density at radius 2 is 1.77 bits per heavy atom. The third-order valence-corrected chi connectivity index (χ3v) is 4.76. The third-order valence-electron chi connectivity index (χ3n) is 4.53. The van der Waals surface area contributed by atoms with E-state index in [0.717, 1.165) is 5.56 Å². The fourth-order valence-electron chi connectivity index (χ4n) is 3.12. The Morgan fingerprint density at radius 1 is 1.10 bits per heavy atom. The number of nitrogens with one attached hydrogen (secondary N) is 1. The summed E-state index contributed by atoms with van der Waals surface area (Å²) in [5, 5.41) is 3.50. The molecule has 0 aliphatic heterocycles. The zero-order valence-electron chi connectivity index (χ0n) is 18.8. The monoisotopic (exact) mass is 446 g/mol. The first-order valence-electron chi connectivity index (χ1n) is 10.3. The quantitative estimate of drug-likeness (QED) is 0.617. The molecule has 0 heterocycles. The summed E-state index contributed by atoms with van der Waals surface area (Å²) in [6.45, 7) is 7.67. The Hall–Kier alpha value is -2.73. The lowest BCUT2D eigenvalue weighted by atomic mass is 10.1. The van der Waals surface area contributed by atoms with E-state index in [1.807, 2.05) is 52.0 Å². The molecule has 2 rings (SSSR count). The lowest BCUT2D eigenvalue weighted by Gasteiger charge is -2.33. The highest BCUT2D eigenvalue weighted by atomic mass is 35.5. The van der Waals surface area contributed by atoms with Crippen molar-refractivity contribution in [1.29, 1.82) is 0 Å². The van der Waals surface area contributed by atoms with Crippen molar-refractivity contribution in [3.63, 3.8) is 0 Å². The van der Waals surface area contributed by atoms with Crippen LogP contribution in [-0.2, 0) is 16.1 Å². The summed E-state index contributed by atoms with van der Waals surface area (Å²) in [4.78, 5) is 27.7. The molecule has 0 saturated heterocycles. The van der Waals surface area contributed by atoms with Gasteiger partial charge in [0.05, 0.1) is 7.11 Å². The van der Waals surface area contributed by atoms with E-state index in [2.05, 4.69) is 5.32 Å². The zero-order valence-corrected chi connectivity index (χ0v) is 19.5. The maximum Gasteiger partial charge on any atom is 0.261 e. The Kier molecular flexibility index (Phi) is 8.75. The topological polar surface area (TPSA) is 67.9 Å². The Bertz CT molecular complexity index is 895. The average molecular weight is 447 g/mol. The van der Waals surface area contributed by atoms with Gasteiger partial charge in [0.15, 0.2) is 6.61 Å². The van der Waals surface area contributed by atoms with Gasteiger partial charge in [-0.05, 0) is 63.1 Å². The van der Waals surface area contributed by atoms with Crippen LogP contribution in [-0.4, -0.2) is 42.0 Å². The summed E-state index contributed by atoms with van der Waals surface area (Å²) in [6.07, 6.45) is 0.467. The minimum absolute atomic E-state index is 0.200. The molecule has 2 aromatic carbocycles. The molecule has 2 aromatic rings. The Balaban J connectivity index is 2.26. The van der Waals surface area contributed by atoms with Gasteiger partial charge < -0.3 is 19.7 Å². The average Bonchev–Trinajstić information content (AvgIpc) is 2.70. The summed E-state index contributed by atoms with van der Waals surface area (Å²) in [5.74, 6) is 0.689. The largest absolute Gasteiger partial charge is 0.497 e. The van der Waals surface area contributed by atoms with E-state index >= 15 is 0 Å². The molecule has 0 saturated carbocycles. The molecule has 1 unspecified atom stereocenters. The van der Waals surface area contributed by atoms with Crippen molar-refractivity contribution in [3.05, 3.63) is 59.1 Å². The summed E-state index contributed by atoms with van der Waals surface area (Å²) >= 11 is 5.99. The number of hydrogen-bond donors (Lipinski definition) is 1. The van der Waals surface area contributed by atoms with Crippen molar-refractivity contribution in [2.75, 3.05) is 13.7 Å². The second kappa shape index (κ2) is 11.0. The number of carbonyl (C=O) groups excluding carboxylic acids is 2. The summed E-state index contributed by atoms with van der Waals surface area (Å²) in [5.41, 5.74) is 0.449. The molecule has 6 nitrogen and oxygen atoms in total. The van der Waals surface area contributed by atoms with Crippen LogP contribution in [0, 0.1) is 0 Å². The standard InChI is InChI=1S/C24H31ClN2O4/c1-6-21(23(29)26-24(2,3)4)27(15-17-9-7-11-19(13-17)30-5)22(28)16-31-20-12-8-10-18(25)14-20/h7-14,21H,6,15-16H2,1-5H3,(H,26,29). The highest BCUT2D eigenvalue weighted by molar-refractivity contribution is 6.30. The number of rotatable bonds is 9. The molecular formula is C24H31ClN2O4. The van der Waals surface area contributed by atoms with E-state index in [9.17, 15) is 9.59 Å². The lowest BCUT2D eigenvalue weighted by molar-refractivity contribution is -0.143. The number of carbonyl (C=O) groups is 2. The van der Waals surface area contributed by atoms with E-state index in [4.69, 9.17) is 21.1 Å². The van der Waals surface area contributed by atoms with Gasteiger partial charge in [-0.1, -0.05) is 36.7 Å². The van der Waals surface area contributed by atoms with Crippen molar-refractivity contribution < 1.29 is 19.1 Å². The molecule has 0 aromatic heterocycles. The minimum atomic E-state index is -0.638. The molecular weight excluding hydrogens is 416 g/mol. The van der Waals surface area contributed by atoms with Crippen LogP contribution in [0.2, 0.25) is 5.02 Å². The third kappa shape index (κ3) is 7.79. The minimum Gasteiger partial charge on any atom is -0.497 e. The summed E-state index contributed by atoms with van der Waals surface area (Å²) in [6, 6.07) is 13.7. The molecule has 0 bridgehead atoms. The fourth-order valence-corrected chi connectivity index (χ4v) is 3.30. The van der Waals surface area contributed by atoms with Gasteiger partial charge in [-0.3, -0.25) is 9.59 Å². The number of hydrogen-bond acceptors (Lipinski definition) is 4. The maximum atomic E-state index is 13.2. The van der Waals surface area contributed by atoms with Crippen LogP contribution in [0.3, 0.4) is 0 Å². The number of nitrogens with zero attached hydrogens (tertiary/aromatic N) is 1. The first kappa shape index (κ1) is 24.5. The Labute approximate surface area is 189 Å². The summed E-state index contributed by atoms with van der Waals surface area (Å²) in [7, 11) is 1.59. The van der Waals surface area contributed by atoms with Crippen molar-refractivity contribution in [2.24, 2.45) is 0 Å². The number of methoxy groups -OCH3 is 1. The SMILES string of the molecule is CCC(C(=O)NC(C)(C)C)N(Cc1cccc(OC)c1)C(=O)COc1cccc(Cl)c1. The highest BCUT2D eigenvalue weighted by Crippen LogP contribution is 2.20. The van der Waals surface area contributed by atoms with E-state index in [1.54, 1.807) is 36.3 Å². The molecule has 0 spiro atoms. The van der Waals surface area contributed by atoms with Crippen LogP contribution in [0.4, 0.5) is 0 Å². The molecule has 0 aliphatic rings. The van der Waals surface area contributed by atoms with E-state index in [1.165, 1.54) is 0 Å². The highest BCUT2D eigenvalue weighted by Gasteiger charge is 2.31. The molecule has 0 fully saturated rings. The molecule has 168 valence electrons. The zero-order chi connectivity index (χ0) is 23.0. The van der Waals surface area contributed by atoms with Gasteiger partial charge in [0.2, 0.25) is 5.91 Å². The molecule has 1 N–H and O–H groups in total. The molecule has 7 heteroatoms. The van der Waals surface area contributed by atoms with Gasteiger partial charge >= 0.3 is 0 Å². The predicted octanol–water partition coefficient (Wildman–Crippen LogP) is 4.45. The second-order valence-corrected chi connectivity index (χ2v) is 8.72. The van der Waals surface area contributed by atoms with Crippen LogP contribution in [0.1, 0.15) is 39.7 Å². The number of amides is 2. The molecule has 2 amide bonds. The number of halogens is 1. The van der Waals surface area contributed by atoms with E-state index < -0.39 is 11.6 Å². The van der Waals surface area contributed by atoms with Gasteiger partial charge in [0, 0.05) is 17.1 Å². The summed E-state index contributed by atoms with van der Waals surface area (Å²) < 4.78 is 10.9. The van der Waals surface area contributed by atoms with Crippen LogP contribution < -0.4 is 14.8 Å². The van der Waals surface area contributed by atoms with Crippen molar-refractivity contribution in [1.82, 2.24) is 10.2 Å². The number of benzene rings is 2. The van der Waals surface area contributed by atoms with Gasteiger partial charge in [-0.2, -0.15) is 0 Å². The van der Waals surface area contributed by atoms with Crippen molar-refractivity contribution >= 4 is 23.4 Å². The second-order valence-electron chi connectivity index (χ2n) is 8.28. The number of ether oxygens (including phenoxy) is 2. The lowest BCUT2D eigenvalue weighted by Crippen LogP contribution is -2.54. The molecule has 31 heavy (non-hydrogen) atoms. The Morgan fingerprint density at radius 3 is 2.39 bits per heavy atom. The smallest absolute Gasteiger partial charge is 0.261 e. The van der Waals surface area contributed by atoms with Crippen LogP contribution >= 0.6 is 11.6 Å². The van der Waals surface area contributed by atoms with Crippen LogP contribution in [0.25, 0.3) is 0 Å². The van der Waals surface area contributed by atoms with Gasteiger partial charge in [0.1, 0.15) is 17.5 Å². The normalized spacial score (nSPS) is 12.1. The molecule has 1 atom stereocenters. The van der Waals surface area contributed by atoms with E-state index in [-0.39, 0.29) is 25.0 Å². The molecule has 0 aliphatic carbocycles. The van der Waals surface area contributed by atoms with Gasteiger partial charge in [0.25, 0.3) is 5.91 Å². The predicted molar refractivity (Wildman–Crippen MR) is 122 cm³/mol. The first-order valence-corrected chi connectivity index (χ1v) is 10.6. The van der Waals surface area contributed by atoms with Gasteiger partial charge in [-0.15, -0.1) is 0 Å². The fraction of sp³-hybridized carbons (Fsp3) is 0.417. The van der Waals surface area contributed by atoms with Crippen LogP contribution in [0.15, 0.2) is 48.5 Å². The van der Waals surface area contributed by atoms with Gasteiger partial charge in [-0.25, -0.2) is 0 Å².